The molecule has 1 nitrogen and oxygen atoms in total. The molecule has 0 aliphatic rings. The molecule has 13 heavy (non-hydrogen) atoms. The maximum Gasteiger partial charge on any atom is 0.0943 e. The molecule has 1 atom stereocenters. The SMILES string of the molecule is C#CC(NCC)c1ccc(Br)cc1. The number of halogens is 1. The van der Waals surface area contributed by atoms with Gasteiger partial charge in [-0.15, -0.1) is 6.42 Å². The van der Waals surface area contributed by atoms with Gasteiger partial charge in [0.1, 0.15) is 0 Å². The van der Waals surface area contributed by atoms with E-state index >= 15 is 0 Å². The predicted octanol–water partition coefficient (Wildman–Crippen LogP) is 2.73. The van der Waals surface area contributed by atoms with Gasteiger partial charge in [0.05, 0.1) is 6.04 Å². The molecule has 1 aromatic carbocycles. The topological polar surface area (TPSA) is 12.0 Å². The van der Waals surface area contributed by atoms with E-state index < -0.39 is 0 Å². The Morgan fingerprint density at radius 2 is 2.08 bits per heavy atom. The molecular formula is C11H12BrN. The summed E-state index contributed by atoms with van der Waals surface area (Å²) in [6.45, 7) is 2.92. The largest absolute Gasteiger partial charge is 0.300 e. The highest BCUT2D eigenvalue weighted by molar-refractivity contribution is 9.10. The van der Waals surface area contributed by atoms with Crippen LogP contribution in [0.4, 0.5) is 0 Å². The van der Waals surface area contributed by atoms with Crippen molar-refractivity contribution < 1.29 is 0 Å². The van der Waals surface area contributed by atoms with Crippen molar-refractivity contribution in [3.05, 3.63) is 34.3 Å². The van der Waals surface area contributed by atoms with E-state index in [1.807, 2.05) is 31.2 Å². The Kier molecular flexibility index (Phi) is 4.01. The van der Waals surface area contributed by atoms with Crippen molar-refractivity contribution in [2.45, 2.75) is 13.0 Å². The van der Waals surface area contributed by atoms with Crippen molar-refractivity contribution >= 4 is 15.9 Å². The van der Waals surface area contributed by atoms with Gasteiger partial charge in [-0.05, 0) is 24.2 Å². The van der Waals surface area contributed by atoms with Crippen LogP contribution in [0, 0.1) is 12.3 Å². The minimum Gasteiger partial charge on any atom is -0.300 e. The summed E-state index contributed by atoms with van der Waals surface area (Å²) in [5.41, 5.74) is 1.13. The third kappa shape index (κ3) is 2.87. The van der Waals surface area contributed by atoms with Crippen LogP contribution in [0.15, 0.2) is 28.7 Å². The van der Waals surface area contributed by atoms with E-state index in [4.69, 9.17) is 6.42 Å². The van der Waals surface area contributed by atoms with Crippen LogP contribution in [-0.4, -0.2) is 6.54 Å². The molecule has 0 saturated carbocycles. The van der Waals surface area contributed by atoms with Gasteiger partial charge in [-0.25, -0.2) is 0 Å². The smallest absolute Gasteiger partial charge is 0.0943 e. The lowest BCUT2D eigenvalue weighted by atomic mass is 10.1. The molecule has 1 N–H and O–H groups in total. The standard InChI is InChI=1S/C11H12BrN/c1-3-11(13-4-2)9-5-7-10(12)8-6-9/h1,5-8,11,13H,4H2,2H3. The van der Waals surface area contributed by atoms with Crippen LogP contribution < -0.4 is 5.32 Å². The Morgan fingerprint density at radius 3 is 2.54 bits per heavy atom. The fourth-order valence-corrected chi connectivity index (χ4v) is 1.40. The lowest BCUT2D eigenvalue weighted by molar-refractivity contribution is 0.665. The molecule has 0 spiro atoms. The molecule has 2 heteroatoms. The van der Waals surface area contributed by atoms with Crippen molar-refractivity contribution in [1.29, 1.82) is 0 Å². The minimum atomic E-state index is 0.0260. The first-order valence-electron chi connectivity index (χ1n) is 4.23. The van der Waals surface area contributed by atoms with Gasteiger partial charge in [-0.1, -0.05) is 40.9 Å². The number of nitrogens with one attached hydrogen (secondary N) is 1. The molecule has 68 valence electrons. The van der Waals surface area contributed by atoms with Crippen LogP contribution in [-0.2, 0) is 0 Å². The van der Waals surface area contributed by atoms with Crippen LogP contribution >= 0.6 is 15.9 Å². The molecule has 0 fully saturated rings. The molecule has 1 rings (SSSR count). The lowest BCUT2D eigenvalue weighted by Crippen LogP contribution is -2.18. The summed E-state index contributed by atoms with van der Waals surface area (Å²) < 4.78 is 1.07. The summed E-state index contributed by atoms with van der Waals surface area (Å²) in [5, 5.41) is 3.22. The van der Waals surface area contributed by atoms with Crippen LogP contribution in [0.3, 0.4) is 0 Å². The van der Waals surface area contributed by atoms with Gasteiger partial charge >= 0.3 is 0 Å². The molecule has 0 radical (unpaired) electrons. The Morgan fingerprint density at radius 1 is 1.46 bits per heavy atom. The maximum atomic E-state index is 5.40. The lowest BCUT2D eigenvalue weighted by Gasteiger charge is -2.11. The molecule has 0 heterocycles. The summed E-state index contributed by atoms with van der Waals surface area (Å²) in [4.78, 5) is 0. The second kappa shape index (κ2) is 5.06. The molecule has 0 bridgehead atoms. The third-order valence-corrected chi connectivity index (χ3v) is 2.31. The highest BCUT2D eigenvalue weighted by atomic mass is 79.9. The van der Waals surface area contributed by atoms with E-state index in [0.29, 0.717) is 0 Å². The van der Waals surface area contributed by atoms with Gasteiger partial charge < -0.3 is 5.32 Å². The van der Waals surface area contributed by atoms with E-state index in [0.717, 1.165) is 16.6 Å². The van der Waals surface area contributed by atoms with E-state index in [9.17, 15) is 0 Å². The van der Waals surface area contributed by atoms with Gasteiger partial charge in [0.2, 0.25) is 0 Å². The maximum absolute atomic E-state index is 5.40. The van der Waals surface area contributed by atoms with Gasteiger partial charge in [-0.3, -0.25) is 0 Å². The van der Waals surface area contributed by atoms with Crippen molar-refractivity contribution in [2.24, 2.45) is 0 Å². The fourth-order valence-electron chi connectivity index (χ4n) is 1.13. The molecular weight excluding hydrogens is 226 g/mol. The first-order chi connectivity index (χ1) is 6.27. The molecule has 0 aromatic heterocycles. The molecule has 0 amide bonds. The molecule has 0 aliphatic heterocycles. The highest BCUT2D eigenvalue weighted by Gasteiger charge is 2.04. The van der Waals surface area contributed by atoms with Crippen LogP contribution in [0.2, 0.25) is 0 Å². The zero-order chi connectivity index (χ0) is 9.68. The van der Waals surface area contributed by atoms with Crippen molar-refractivity contribution in [3.8, 4) is 12.3 Å². The third-order valence-electron chi connectivity index (χ3n) is 1.78. The number of rotatable bonds is 3. The van der Waals surface area contributed by atoms with Crippen LogP contribution in [0.25, 0.3) is 0 Å². The van der Waals surface area contributed by atoms with Crippen LogP contribution in [0.1, 0.15) is 18.5 Å². The second-order valence-electron chi connectivity index (χ2n) is 2.71. The Hall–Kier alpha value is -0.780. The average molecular weight is 238 g/mol. The molecule has 0 aliphatic carbocycles. The van der Waals surface area contributed by atoms with Crippen LogP contribution in [0.5, 0.6) is 0 Å². The Labute approximate surface area is 87.7 Å². The first kappa shape index (κ1) is 10.3. The summed E-state index contributed by atoms with van der Waals surface area (Å²) in [6.07, 6.45) is 5.40. The summed E-state index contributed by atoms with van der Waals surface area (Å²) >= 11 is 3.38. The summed E-state index contributed by atoms with van der Waals surface area (Å²) in [6, 6.07) is 8.07. The molecule has 1 unspecified atom stereocenters. The normalized spacial score (nSPS) is 12.1. The van der Waals surface area contributed by atoms with E-state index in [1.54, 1.807) is 0 Å². The number of hydrogen-bond acceptors (Lipinski definition) is 1. The summed E-state index contributed by atoms with van der Waals surface area (Å²) in [5.74, 6) is 2.71. The first-order valence-corrected chi connectivity index (χ1v) is 5.02. The number of terminal acetylenes is 1. The minimum absolute atomic E-state index is 0.0260. The zero-order valence-corrected chi connectivity index (χ0v) is 9.14. The van der Waals surface area contributed by atoms with Gasteiger partial charge in [0.15, 0.2) is 0 Å². The number of hydrogen-bond donors (Lipinski definition) is 1. The molecule has 0 saturated heterocycles. The van der Waals surface area contributed by atoms with Gasteiger partial charge in [0.25, 0.3) is 0 Å². The second-order valence-corrected chi connectivity index (χ2v) is 3.62. The quantitative estimate of drug-likeness (QED) is 0.798. The Balaban J connectivity index is 2.81. The number of benzene rings is 1. The van der Waals surface area contributed by atoms with E-state index in [2.05, 4.69) is 27.2 Å². The van der Waals surface area contributed by atoms with E-state index in [-0.39, 0.29) is 6.04 Å². The van der Waals surface area contributed by atoms with Gasteiger partial charge in [-0.2, -0.15) is 0 Å². The van der Waals surface area contributed by atoms with E-state index in [1.165, 1.54) is 0 Å². The van der Waals surface area contributed by atoms with Crippen molar-refractivity contribution in [2.75, 3.05) is 6.54 Å². The van der Waals surface area contributed by atoms with Crippen molar-refractivity contribution in [3.63, 3.8) is 0 Å². The Bertz CT molecular complexity index is 297. The monoisotopic (exact) mass is 237 g/mol. The predicted molar refractivity (Wildman–Crippen MR) is 59.4 cm³/mol. The molecule has 1 aromatic rings. The highest BCUT2D eigenvalue weighted by Crippen LogP contribution is 2.15. The van der Waals surface area contributed by atoms with Gasteiger partial charge in [0, 0.05) is 4.47 Å². The van der Waals surface area contributed by atoms with Crippen molar-refractivity contribution in [1.82, 2.24) is 5.32 Å². The summed E-state index contributed by atoms with van der Waals surface area (Å²) in [7, 11) is 0. The average Bonchev–Trinajstić information content (AvgIpc) is 2.16. The fraction of sp³-hybridized carbons (Fsp3) is 0.273. The zero-order valence-electron chi connectivity index (χ0n) is 7.55.